The van der Waals surface area contributed by atoms with Crippen LogP contribution >= 0.6 is 22.7 Å². The number of likely N-dealkylation sites (tertiary alicyclic amines) is 1. The van der Waals surface area contributed by atoms with Gasteiger partial charge in [0.15, 0.2) is 0 Å². The molecule has 2 aromatic heterocycles. The van der Waals surface area contributed by atoms with E-state index in [9.17, 15) is 0 Å². The van der Waals surface area contributed by atoms with Crippen molar-refractivity contribution in [1.82, 2.24) is 9.88 Å². The fourth-order valence-corrected chi connectivity index (χ4v) is 4.38. The minimum atomic E-state index is -0.0799. The van der Waals surface area contributed by atoms with Crippen LogP contribution < -0.4 is 0 Å². The number of thiophene rings is 1. The molecular weight excluding hydrogens is 300 g/mol. The van der Waals surface area contributed by atoms with E-state index in [0.717, 1.165) is 18.7 Å². The molecule has 1 saturated heterocycles. The smallest absolute Gasteiger partial charge is 0.110 e. The number of thiazole rings is 1. The summed E-state index contributed by atoms with van der Waals surface area (Å²) in [6, 6.07) is 2.61. The maximum atomic E-state index is 8.75. The van der Waals surface area contributed by atoms with Gasteiger partial charge < -0.3 is 5.11 Å². The highest BCUT2D eigenvalue weighted by atomic mass is 32.1. The van der Waals surface area contributed by atoms with Crippen molar-refractivity contribution in [3.05, 3.63) is 38.5 Å². The van der Waals surface area contributed by atoms with Gasteiger partial charge in [0, 0.05) is 33.9 Å². The third-order valence-corrected chi connectivity index (χ3v) is 5.47. The molecular formula is C16H18N2OS2. The summed E-state index contributed by atoms with van der Waals surface area (Å²) < 4.78 is 0. The predicted molar refractivity (Wildman–Crippen MR) is 87.4 cm³/mol. The highest BCUT2D eigenvalue weighted by Crippen LogP contribution is 2.33. The second-order valence-electron chi connectivity index (χ2n) is 5.11. The third-order valence-electron chi connectivity index (χ3n) is 3.67. The van der Waals surface area contributed by atoms with Gasteiger partial charge in [-0.3, -0.25) is 4.90 Å². The Kier molecular flexibility index (Phi) is 5.04. The lowest BCUT2D eigenvalue weighted by atomic mass is 10.0. The molecule has 0 saturated carbocycles. The van der Waals surface area contributed by atoms with Crippen LogP contribution in [0.5, 0.6) is 0 Å². The number of hydrogen-bond donors (Lipinski definition) is 1. The summed E-state index contributed by atoms with van der Waals surface area (Å²) in [6.07, 6.45) is 5.67. The zero-order chi connectivity index (χ0) is 14.5. The van der Waals surface area contributed by atoms with Crippen molar-refractivity contribution in [2.24, 2.45) is 0 Å². The molecule has 2 aromatic rings. The highest BCUT2D eigenvalue weighted by Gasteiger charge is 2.26. The summed E-state index contributed by atoms with van der Waals surface area (Å²) >= 11 is 3.51. The number of hydrogen-bond acceptors (Lipinski definition) is 5. The highest BCUT2D eigenvalue weighted by molar-refractivity contribution is 7.10. The average Bonchev–Trinajstić information content (AvgIpc) is 3.17. The van der Waals surface area contributed by atoms with Crippen LogP contribution in [0.4, 0.5) is 0 Å². The van der Waals surface area contributed by atoms with Crippen LogP contribution in [-0.4, -0.2) is 28.1 Å². The zero-order valence-electron chi connectivity index (χ0n) is 11.8. The second-order valence-corrected chi connectivity index (χ2v) is 7.04. The molecule has 0 aliphatic carbocycles. The van der Waals surface area contributed by atoms with Crippen LogP contribution in [0.1, 0.15) is 40.8 Å². The Balaban J connectivity index is 1.71. The molecule has 1 N–H and O–H groups in total. The molecule has 3 rings (SSSR count). The topological polar surface area (TPSA) is 36.4 Å². The SMILES string of the molecule is OCC#Cc1csc(CN2CCCCC2c2nccs2)c1. The van der Waals surface area contributed by atoms with Crippen molar-refractivity contribution in [3.63, 3.8) is 0 Å². The van der Waals surface area contributed by atoms with Crippen molar-refractivity contribution < 1.29 is 5.11 Å². The van der Waals surface area contributed by atoms with E-state index in [1.807, 2.05) is 6.20 Å². The Hall–Kier alpha value is -1.19. The largest absolute Gasteiger partial charge is 0.384 e. The van der Waals surface area contributed by atoms with E-state index in [1.165, 1.54) is 29.1 Å². The minimum absolute atomic E-state index is 0.0799. The number of rotatable bonds is 3. The summed E-state index contributed by atoms with van der Waals surface area (Å²) in [7, 11) is 0. The van der Waals surface area contributed by atoms with Crippen LogP contribution in [-0.2, 0) is 6.54 Å². The number of aliphatic hydroxyl groups is 1. The molecule has 21 heavy (non-hydrogen) atoms. The first-order valence-electron chi connectivity index (χ1n) is 7.17. The molecule has 5 heteroatoms. The standard InChI is InChI=1S/C16H18N2OS2/c19-8-3-4-13-10-14(21-12-13)11-18-7-2-1-5-15(18)16-17-6-9-20-16/h6,9-10,12,15,19H,1-2,5,7-8,11H2. The van der Waals surface area contributed by atoms with E-state index < -0.39 is 0 Å². The van der Waals surface area contributed by atoms with E-state index >= 15 is 0 Å². The molecule has 1 aliphatic heterocycles. The number of aliphatic hydroxyl groups excluding tert-OH is 1. The Morgan fingerprint density at radius 3 is 3.14 bits per heavy atom. The number of nitrogens with zero attached hydrogens (tertiary/aromatic N) is 2. The van der Waals surface area contributed by atoms with E-state index in [2.05, 4.69) is 38.6 Å². The normalized spacial score (nSPS) is 19.2. The van der Waals surface area contributed by atoms with Gasteiger partial charge >= 0.3 is 0 Å². The molecule has 0 radical (unpaired) electrons. The maximum Gasteiger partial charge on any atom is 0.110 e. The van der Waals surface area contributed by atoms with Crippen LogP contribution in [0.15, 0.2) is 23.0 Å². The van der Waals surface area contributed by atoms with Gasteiger partial charge in [-0.05, 0) is 25.5 Å². The van der Waals surface area contributed by atoms with Crippen molar-refractivity contribution in [2.45, 2.75) is 31.8 Å². The Morgan fingerprint density at radius 1 is 1.38 bits per heavy atom. The van der Waals surface area contributed by atoms with E-state index in [-0.39, 0.29) is 6.61 Å². The first kappa shape index (κ1) is 14.7. The van der Waals surface area contributed by atoms with Gasteiger partial charge in [0.1, 0.15) is 11.6 Å². The molecule has 3 heterocycles. The van der Waals surface area contributed by atoms with E-state index in [4.69, 9.17) is 5.11 Å². The fraction of sp³-hybridized carbons (Fsp3) is 0.438. The Bertz CT molecular complexity index is 624. The Labute approximate surface area is 133 Å². The summed E-state index contributed by atoms with van der Waals surface area (Å²) in [4.78, 5) is 8.38. The van der Waals surface area contributed by atoms with E-state index in [0.29, 0.717) is 6.04 Å². The quantitative estimate of drug-likeness (QED) is 0.882. The Morgan fingerprint density at radius 2 is 2.33 bits per heavy atom. The third kappa shape index (κ3) is 3.72. The summed E-state index contributed by atoms with van der Waals surface area (Å²) in [5.41, 5.74) is 1.01. The molecule has 0 spiro atoms. The molecule has 3 nitrogen and oxygen atoms in total. The molecule has 1 aliphatic rings. The lowest BCUT2D eigenvalue weighted by Crippen LogP contribution is -2.32. The summed E-state index contributed by atoms with van der Waals surface area (Å²) in [5.74, 6) is 5.68. The molecule has 0 amide bonds. The molecule has 1 atom stereocenters. The molecule has 1 fully saturated rings. The molecule has 0 aromatic carbocycles. The van der Waals surface area contributed by atoms with Gasteiger partial charge in [-0.2, -0.15) is 0 Å². The van der Waals surface area contributed by atoms with Crippen molar-refractivity contribution in [1.29, 1.82) is 0 Å². The number of piperidine rings is 1. The lowest BCUT2D eigenvalue weighted by Gasteiger charge is -2.34. The van der Waals surface area contributed by atoms with Crippen molar-refractivity contribution >= 4 is 22.7 Å². The summed E-state index contributed by atoms with van der Waals surface area (Å²) in [6.45, 7) is 2.03. The number of aromatic nitrogens is 1. The maximum absolute atomic E-state index is 8.75. The van der Waals surface area contributed by atoms with Crippen LogP contribution in [0, 0.1) is 11.8 Å². The van der Waals surface area contributed by atoms with Crippen molar-refractivity contribution in [3.8, 4) is 11.8 Å². The van der Waals surface area contributed by atoms with Gasteiger partial charge in [-0.15, -0.1) is 22.7 Å². The first-order valence-corrected chi connectivity index (χ1v) is 8.93. The first-order chi connectivity index (χ1) is 10.4. The van der Waals surface area contributed by atoms with Crippen LogP contribution in [0.2, 0.25) is 0 Å². The van der Waals surface area contributed by atoms with E-state index in [1.54, 1.807) is 22.7 Å². The second kappa shape index (κ2) is 7.19. The monoisotopic (exact) mass is 318 g/mol. The van der Waals surface area contributed by atoms with Gasteiger partial charge in [-0.1, -0.05) is 18.3 Å². The van der Waals surface area contributed by atoms with Gasteiger partial charge in [-0.25, -0.2) is 4.98 Å². The van der Waals surface area contributed by atoms with Gasteiger partial charge in [0.25, 0.3) is 0 Å². The molecule has 1 unspecified atom stereocenters. The zero-order valence-corrected chi connectivity index (χ0v) is 13.4. The van der Waals surface area contributed by atoms with Gasteiger partial charge in [0.2, 0.25) is 0 Å². The molecule has 0 bridgehead atoms. The molecule has 110 valence electrons. The fourth-order valence-electron chi connectivity index (χ4n) is 2.73. The lowest BCUT2D eigenvalue weighted by molar-refractivity contribution is 0.141. The van der Waals surface area contributed by atoms with Crippen molar-refractivity contribution in [2.75, 3.05) is 13.2 Å². The predicted octanol–water partition coefficient (Wildman–Crippen LogP) is 3.28. The van der Waals surface area contributed by atoms with Gasteiger partial charge in [0.05, 0.1) is 6.04 Å². The van der Waals surface area contributed by atoms with Crippen LogP contribution in [0.25, 0.3) is 0 Å². The summed E-state index contributed by atoms with van der Waals surface area (Å²) in [5, 5.41) is 14.1. The minimum Gasteiger partial charge on any atom is -0.384 e. The van der Waals surface area contributed by atoms with Crippen LogP contribution in [0.3, 0.4) is 0 Å². The average molecular weight is 318 g/mol.